The van der Waals surface area contributed by atoms with E-state index in [0.29, 0.717) is 64.6 Å². The zero-order chi connectivity index (χ0) is 59.1. The Balaban J connectivity index is 0.00000417. The fourth-order valence-corrected chi connectivity index (χ4v) is 12.6. The summed E-state index contributed by atoms with van der Waals surface area (Å²) in [6, 6.07) is -0.914. The Kier molecular flexibility index (Phi) is 25.1. The van der Waals surface area contributed by atoms with Crippen LogP contribution in [0.2, 0.25) is 0 Å². The molecular weight excluding hydrogens is 1060 g/mol. The summed E-state index contributed by atoms with van der Waals surface area (Å²) in [4.78, 5) is 111. The Bertz CT molecular complexity index is 2600. The van der Waals surface area contributed by atoms with Gasteiger partial charge in [0.25, 0.3) is 0 Å². The zero-order valence-corrected chi connectivity index (χ0v) is 49.2. The molecule has 432 valence electrons. The molecule has 0 N–H and O–H groups in total. The van der Waals surface area contributed by atoms with Gasteiger partial charge in [-0.2, -0.15) is 5.70 Å². The summed E-state index contributed by atoms with van der Waals surface area (Å²) >= 11 is 0. The Labute approximate surface area is 476 Å². The van der Waals surface area contributed by atoms with Crippen LogP contribution in [0, 0.1) is 81.3 Å². The summed E-state index contributed by atoms with van der Waals surface area (Å²) < 4.78 is 37.4. The van der Waals surface area contributed by atoms with Gasteiger partial charge in [-0.15, -0.1) is 12.3 Å². The first-order valence-corrected chi connectivity index (χ1v) is 25.9. The van der Waals surface area contributed by atoms with E-state index in [1.54, 1.807) is 0 Å². The number of ether oxygens (including phenoxy) is 7. The van der Waals surface area contributed by atoms with Crippen LogP contribution in [0.5, 0.6) is 0 Å². The quantitative estimate of drug-likeness (QED) is 0.0343. The van der Waals surface area contributed by atoms with Crippen LogP contribution in [-0.2, 0) is 83.5 Å². The van der Waals surface area contributed by atoms with E-state index in [9.17, 15) is 33.6 Å². The van der Waals surface area contributed by atoms with E-state index in [0.717, 1.165) is 0 Å². The first kappa shape index (κ1) is 68.5. The molecule has 0 aliphatic carbocycles. The van der Waals surface area contributed by atoms with Gasteiger partial charge in [-0.3, -0.25) is 48.5 Å². The molecule has 0 spiro atoms. The topological polar surface area (TPSA) is 283 Å². The third kappa shape index (κ3) is 14.0. The smallest absolute Gasteiger partial charge is 0.682 e. The third-order valence-corrected chi connectivity index (χ3v) is 17.2. The number of carbonyl (C=O) groups is 7. The van der Waals surface area contributed by atoms with E-state index in [-0.39, 0.29) is 87.6 Å². The van der Waals surface area contributed by atoms with E-state index < -0.39 is 98.7 Å². The molecule has 5 aliphatic rings. The van der Waals surface area contributed by atoms with Gasteiger partial charge >= 0.3 is 58.6 Å². The SMILES string of the molecule is C#CCCCOC(=O)C[C@]1(C)/C2=C(\C)C3=N[C@@](C)(C4[N-]/C(=C(/C)C5=N/C(=C\C(=N2)[C@H]1CCC(=O)OC)C(C)(C)[C@@H]5CCC(=O)OC)[C@](C)(CCC(=O)OC)[C@H]4CC(=O)OC)[C@@](C)(CC(=O)OC)[C@@H]3CCC(=O)OC.[C-]#N.[C-]#N.[Co+3]. The number of methoxy groups -OCH3 is 6. The van der Waals surface area contributed by atoms with Gasteiger partial charge in [-0.25, -0.2) is 0 Å². The number of unbranched alkanes of at least 4 members (excludes halogenated alkanes) is 1. The van der Waals surface area contributed by atoms with Gasteiger partial charge in [-0.05, 0) is 81.4 Å². The molecule has 8 bridgehead atoms. The van der Waals surface area contributed by atoms with Crippen LogP contribution in [0.25, 0.3) is 5.32 Å². The maximum Gasteiger partial charge on any atom is 3.00 e. The molecule has 0 saturated carbocycles. The molecule has 0 aromatic rings. The Morgan fingerprint density at radius 1 is 0.646 bits per heavy atom. The van der Waals surface area contributed by atoms with Gasteiger partial charge < -0.3 is 62.1 Å². The molecule has 5 aliphatic heterocycles. The minimum absolute atomic E-state index is 0. The van der Waals surface area contributed by atoms with Gasteiger partial charge in [0, 0.05) is 95.4 Å². The summed E-state index contributed by atoms with van der Waals surface area (Å²) in [5.41, 5.74) is -1.20. The van der Waals surface area contributed by atoms with Gasteiger partial charge in [0.15, 0.2) is 0 Å². The average Bonchev–Trinajstić information content (AvgIpc) is 4.24. The van der Waals surface area contributed by atoms with Crippen molar-refractivity contribution in [1.29, 1.82) is 10.5 Å². The largest absolute Gasteiger partial charge is 3.00 e. The van der Waals surface area contributed by atoms with Crippen molar-refractivity contribution in [2.75, 3.05) is 49.3 Å². The Hall–Kier alpha value is -6.63. The molecule has 1 saturated heterocycles. The second-order valence-electron chi connectivity index (χ2n) is 21.6. The van der Waals surface area contributed by atoms with Crippen LogP contribution in [0.1, 0.15) is 139 Å². The van der Waals surface area contributed by atoms with Crippen molar-refractivity contribution >= 4 is 58.9 Å². The molecule has 20 nitrogen and oxygen atoms in total. The summed E-state index contributed by atoms with van der Waals surface area (Å²) in [5.74, 6) is -3.38. The number of esters is 7. The second kappa shape index (κ2) is 29.0. The first-order valence-electron chi connectivity index (χ1n) is 25.9. The van der Waals surface area contributed by atoms with E-state index in [1.165, 1.54) is 42.7 Å². The molecule has 0 radical (unpaired) electrons. The summed E-state index contributed by atoms with van der Waals surface area (Å²) in [6.45, 7) is 25.1. The van der Waals surface area contributed by atoms with Crippen molar-refractivity contribution in [3.05, 3.63) is 52.8 Å². The molecule has 5 heterocycles. The fourth-order valence-electron chi connectivity index (χ4n) is 12.6. The fraction of sp³-hybridized carbons (Fsp3) is 0.655. The predicted molar refractivity (Wildman–Crippen MR) is 285 cm³/mol. The first-order chi connectivity index (χ1) is 36.8. The number of nitrogens with zero attached hydrogens (tertiary/aromatic N) is 6. The molecule has 1 fully saturated rings. The molecule has 79 heavy (non-hydrogen) atoms. The van der Waals surface area contributed by atoms with Crippen LogP contribution < -0.4 is 0 Å². The predicted octanol–water partition coefficient (Wildman–Crippen LogP) is 8.30. The molecule has 0 aromatic heterocycles. The van der Waals surface area contributed by atoms with Gasteiger partial charge in [0.2, 0.25) is 0 Å². The number of aliphatic imine (C=N–C) groups is 3. The number of fused-ring (bicyclic) bond motifs is 6. The van der Waals surface area contributed by atoms with Crippen molar-refractivity contribution in [1.82, 2.24) is 0 Å². The molecule has 9 atom stereocenters. The number of rotatable bonds is 21. The molecular formula is C58H77CoN6O14. The number of carbonyl (C=O) groups excluding carboxylic acids is 7. The maximum atomic E-state index is 14.2. The molecule has 5 rings (SSSR count). The molecule has 21 heteroatoms. The minimum Gasteiger partial charge on any atom is -0.682 e. The van der Waals surface area contributed by atoms with E-state index in [4.69, 9.17) is 83.5 Å². The van der Waals surface area contributed by atoms with Crippen LogP contribution >= 0.6 is 0 Å². The maximum absolute atomic E-state index is 14.2. The van der Waals surface area contributed by atoms with Crippen LogP contribution in [0.4, 0.5) is 0 Å². The third-order valence-electron chi connectivity index (χ3n) is 17.2. The average molecular weight is 1140 g/mol. The van der Waals surface area contributed by atoms with E-state index in [2.05, 4.69) is 5.92 Å². The summed E-state index contributed by atoms with van der Waals surface area (Å²) in [7, 11) is 7.86. The number of hydrogen-bond donors (Lipinski definition) is 0. The van der Waals surface area contributed by atoms with Crippen molar-refractivity contribution in [2.24, 2.45) is 60.3 Å². The van der Waals surface area contributed by atoms with Crippen LogP contribution in [0.3, 0.4) is 0 Å². The van der Waals surface area contributed by atoms with E-state index in [1.807, 2.05) is 61.5 Å². The van der Waals surface area contributed by atoms with Crippen molar-refractivity contribution in [3.63, 3.8) is 0 Å². The second-order valence-corrected chi connectivity index (χ2v) is 21.6. The van der Waals surface area contributed by atoms with E-state index >= 15 is 0 Å². The van der Waals surface area contributed by atoms with Crippen LogP contribution in [-0.4, -0.2) is 120 Å². The Morgan fingerprint density at radius 3 is 1.67 bits per heavy atom. The van der Waals surface area contributed by atoms with Gasteiger partial charge in [0.1, 0.15) is 0 Å². The van der Waals surface area contributed by atoms with Gasteiger partial charge in [-0.1, -0.05) is 40.7 Å². The molecule has 0 aromatic carbocycles. The molecule has 1 unspecified atom stereocenters. The van der Waals surface area contributed by atoms with Crippen molar-refractivity contribution in [2.45, 2.75) is 150 Å². The standard InChI is InChI=1S/C56H77N4O14.2CN.Co/c1-16-17-18-27-74-46(67)30-54(7)34(19-22-40(61)68-10)38-29-39-52(4,5)35(20-23-41(62)69-11)47(58-39)32(2)49-53(6,26-25-43(64)71-13)37(28-44(65)72-14)51(59-49)56(9)55(8,31-45(66)73-15)36(21-24-42(63)70-12)48(60-56)33(3)50(54)57-38;2*1-2;/h1,29,34-37,51H,17-28,30-31H2,2-15H3;;;/q3*-1;+3/t34-,35-,36-,37+,51?,53-,54+,55+,56+;;;/m1.../s1. The summed E-state index contributed by atoms with van der Waals surface area (Å²) in [6.07, 6.45) is 8.43. The normalized spacial score (nSPS) is 30.2. The monoisotopic (exact) mass is 1140 g/mol. The Morgan fingerprint density at radius 2 is 1.15 bits per heavy atom. The van der Waals surface area contributed by atoms with Gasteiger partial charge in [0.05, 0.1) is 73.3 Å². The minimum atomic E-state index is -1.40. The number of terminal acetylenes is 1. The number of allylic oxidation sites excluding steroid dienone is 6. The van der Waals surface area contributed by atoms with Crippen LogP contribution in [0.15, 0.2) is 49.3 Å². The molecule has 0 amide bonds. The van der Waals surface area contributed by atoms with Crippen molar-refractivity contribution < 1.29 is 83.5 Å². The van der Waals surface area contributed by atoms with Crippen molar-refractivity contribution in [3.8, 4) is 12.3 Å². The zero-order valence-electron chi connectivity index (χ0n) is 48.2. The number of hydrogen-bond acceptors (Lipinski definition) is 19. The summed E-state index contributed by atoms with van der Waals surface area (Å²) in [5, 5.41) is 18.2.